The van der Waals surface area contributed by atoms with E-state index in [1.165, 1.54) is 23.5 Å². The predicted molar refractivity (Wildman–Crippen MR) is 158 cm³/mol. The molecule has 0 radical (unpaired) electrons. The second-order valence-electron chi connectivity index (χ2n) is 9.56. The Kier molecular flexibility index (Phi) is 7.17. The van der Waals surface area contributed by atoms with Crippen LogP contribution in [-0.4, -0.2) is 44.9 Å². The minimum absolute atomic E-state index is 0.0310. The van der Waals surface area contributed by atoms with Gasteiger partial charge in [-0.3, -0.25) is 15.1 Å². The van der Waals surface area contributed by atoms with Gasteiger partial charge in [0.1, 0.15) is 18.9 Å². The molecule has 3 heterocycles. The van der Waals surface area contributed by atoms with Gasteiger partial charge in [-0.05, 0) is 56.3 Å². The Morgan fingerprint density at radius 3 is 2.46 bits per heavy atom. The van der Waals surface area contributed by atoms with Crippen LogP contribution in [0.1, 0.15) is 19.4 Å². The number of non-ortho nitro benzene ring substituents is 1. The highest BCUT2D eigenvalue weighted by atomic mass is 32.1. The first-order valence-electron chi connectivity index (χ1n) is 13.0. The molecular formula is C30H26N6O4S. The lowest BCUT2D eigenvalue weighted by atomic mass is 10.1. The largest absolute Gasteiger partial charge is 0.486 e. The van der Waals surface area contributed by atoms with Gasteiger partial charge in [0.2, 0.25) is 4.80 Å². The monoisotopic (exact) mass is 566 g/mol. The van der Waals surface area contributed by atoms with Crippen LogP contribution in [0.2, 0.25) is 0 Å². The number of thiazole rings is 1. The molecule has 11 heteroatoms. The summed E-state index contributed by atoms with van der Waals surface area (Å²) in [5, 5.41) is 22.9. The van der Waals surface area contributed by atoms with Crippen LogP contribution in [0.3, 0.4) is 0 Å². The Labute approximate surface area is 239 Å². The van der Waals surface area contributed by atoms with Crippen molar-refractivity contribution in [3.8, 4) is 39.7 Å². The molecule has 0 bridgehead atoms. The minimum atomic E-state index is -0.410. The molecule has 2 aromatic heterocycles. The number of para-hydroxylation sites is 1. The highest BCUT2D eigenvalue weighted by molar-refractivity contribution is 7.07. The number of hydrogen-bond acceptors (Lipinski definition) is 8. The third-order valence-electron chi connectivity index (χ3n) is 6.32. The van der Waals surface area contributed by atoms with E-state index in [1.807, 2.05) is 78.6 Å². The molecule has 10 nitrogen and oxygen atoms in total. The molecule has 0 aliphatic carbocycles. The van der Waals surface area contributed by atoms with Crippen molar-refractivity contribution < 1.29 is 14.4 Å². The highest BCUT2D eigenvalue weighted by Crippen LogP contribution is 2.35. The SMILES string of the molecule is CC(C)N=c1scc(-c2ccc([N+](=O)[O-])cc2)n1N=Cc1cn(-c2ccccc2)nc1-c1ccc2c(c1)OCCO2. The topological polar surface area (TPSA) is 109 Å². The number of aromatic nitrogens is 3. The number of rotatable bonds is 7. The molecule has 3 aromatic carbocycles. The van der Waals surface area contributed by atoms with Gasteiger partial charge in [0, 0.05) is 46.4 Å². The maximum Gasteiger partial charge on any atom is 0.269 e. The molecule has 0 fully saturated rings. The average Bonchev–Trinajstić information content (AvgIpc) is 3.60. The van der Waals surface area contributed by atoms with Crippen LogP contribution in [0, 0.1) is 10.1 Å². The zero-order chi connectivity index (χ0) is 28.3. The van der Waals surface area contributed by atoms with Gasteiger partial charge >= 0.3 is 0 Å². The van der Waals surface area contributed by atoms with Crippen molar-refractivity contribution in [3.05, 3.63) is 105 Å². The van der Waals surface area contributed by atoms with Crippen LogP contribution in [0.15, 0.2) is 94.5 Å². The molecule has 0 saturated heterocycles. The van der Waals surface area contributed by atoms with Gasteiger partial charge in [-0.2, -0.15) is 10.2 Å². The van der Waals surface area contributed by atoms with Crippen molar-refractivity contribution in [2.24, 2.45) is 10.1 Å². The second kappa shape index (κ2) is 11.2. The van der Waals surface area contributed by atoms with Gasteiger partial charge in [-0.15, -0.1) is 11.3 Å². The van der Waals surface area contributed by atoms with Crippen molar-refractivity contribution in [2.75, 3.05) is 13.2 Å². The van der Waals surface area contributed by atoms with Gasteiger partial charge in [0.05, 0.1) is 22.5 Å². The summed E-state index contributed by atoms with van der Waals surface area (Å²) in [5.41, 5.74) is 4.89. The Bertz CT molecular complexity index is 1800. The quantitative estimate of drug-likeness (QED) is 0.138. The molecule has 0 atom stereocenters. The number of nitro groups is 1. The van der Waals surface area contributed by atoms with Crippen molar-refractivity contribution in [1.82, 2.24) is 14.5 Å². The van der Waals surface area contributed by atoms with E-state index in [2.05, 4.69) is 0 Å². The number of nitrogens with zero attached hydrogens (tertiary/aromatic N) is 6. The molecule has 0 unspecified atom stereocenters. The first-order valence-corrected chi connectivity index (χ1v) is 13.9. The summed E-state index contributed by atoms with van der Waals surface area (Å²) in [6.07, 6.45) is 3.70. The molecule has 1 aliphatic rings. The van der Waals surface area contributed by atoms with E-state index in [0.717, 1.165) is 33.8 Å². The van der Waals surface area contributed by atoms with Crippen molar-refractivity contribution in [3.63, 3.8) is 0 Å². The molecule has 6 rings (SSSR count). The van der Waals surface area contributed by atoms with Gasteiger partial charge in [0.25, 0.3) is 5.69 Å². The summed E-state index contributed by atoms with van der Waals surface area (Å²) < 4.78 is 15.1. The van der Waals surface area contributed by atoms with Crippen molar-refractivity contribution in [2.45, 2.75) is 19.9 Å². The summed E-state index contributed by atoms with van der Waals surface area (Å²) in [7, 11) is 0. The van der Waals surface area contributed by atoms with E-state index >= 15 is 0 Å². The molecule has 0 saturated carbocycles. The first kappa shape index (κ1) is 26.2. The van der Waals surface area contributed by atoms with Crippen molar-refractivity contribution in [1.29, 1.82) is 0 Å². The Balaban J connectivity index is 1.46. The molecule has 1 aliphatic heterocycles. The third-order valence-corrected chi connectivity index (χ3v) is 7.15. The third kappa shape index (κ3) is 5.52. The standard InChI is InChI=1S/C30H26N6O4S/c1-20(2)32-30-35(26(19-41-30)21-8-11-25(12-9-21)36(37)38)31-17-23-18-34(24-6-4-3-5-7-24)33-29(23)22-10-13-27-28(16-22)40-15-14-39-27/h3-13,16-20H,14-15H2,1-2H3. The van der Waals surface area contributed by atoms with E-state index < -0.39 is 4.92 Å². The van der Waals surface area contributed by atoms with Gasteiger partial charge in [0.15, 0.2) is 11.5 Å². The van der Waals surface area contributed by atoms with E-state index in [0.29, 0.717) is 29.5 Å². The molecule has 5 aromatic rings. The summed E-state index contributed by atoms with van der Waals surface area (Å²) in [4.78, 5) is 16.2. The predicted octanol–water partition coefficient (Wildman–Crippen LogP) is 5.94. The van der Waals surface area contributed by atoms with Crippen molar-refractivity contribution >= 4 is 23.2 Å². The Morgan fingerprint density at radius 2 is 1.73 bits per heavy atom. The Hall–Kier alpha value is -5.03. The number of fused-ring (bicyclic) bond motifs is 1. The van der Waals surface area contributed by atoms with Gasteiger partial charge in [-0.1, -0.05) is 18.2 Å². The lowest BCUT2D eigenvalue weighted by Crippen LogP contribution is -2.15. The second-order valence-corrected chi connectivity index (χ2v) is 10.4. The van der Waals surface area contributed by atoms with E-state index in [9.17, 15) is 10.1 Å². The molecule has 41 heavy (non-hydrogen) atoms. The van der Waals surface area contributed by atoms with Crippen LogP contribution in [-0.2, 0) is 0 Å². The zero-order valence-electron chi connectivity index (χ0n) is 22.4. The normalized spacial score (nSPS) is 13.3. The summed E-state index contributed by atoms with van der Waals surface area (Å²) >= 11 is 1.46. The molecule has 206 valence electrons. The summed E-state index contributed by atoms with van der Waals surface area (Å²) in [6, 6.07) is 22.1. The number of ether oxygens (including phenoxy) is 2. The molecule has 0 amide bonds. The first-order chi connectivity index (χ1) is 20.0. The summed E-state index contributed by atoms with van der Waals surface area (Å²) in [5.74, 6) is 1.39. The van der Waals surface area contributed by atoms with Crippen LogP contribution < -0.4 is 14.3 Å². The van der Waals surface area contributed by atoms with Crippen LogP contribution in [0.5, 0.6) is 11.5 Å². The average molecular weight is 567 g/mol. The number of hydrogen-bond donors (Lipinski definition) is 0. The van der Waals surface area contributed by atoms with Gasteiger partial charge in [-0.25, -0.2) is 9.36 Å². The zero-order valence-corrected chi connectivity index (χ0v) is 23.2. The summed E-state index contributed by atoms with van der Waals surface area (Å²) in [6.45, 7) is 5.02. The molecule has 0 spiro atoms. The molecular weight excluding hydrogens is 540 g/mol. The number of benzene rings is 3. The highest BCUT2D eigenvalue weighted by Gasteiger charge is 2.17. The Morgan fingerprint density at radius 1 is 1.00 bits per heavy atom. The smallest absolute Gasteiger partial charge is 0.269 e. The van der Waals surface area contributed by atoms with E-state index in [4.69, 9.17) is 24.7 Å². The minimum Gasteiger partial charge on any atom is -0.486 e. The fourth-order valence-corrected chi connectivity index (χ4v) is 5.37. The van der Waals surface area contributed by atoms with E-state index in [1.54, 1.807) is 23.0 Å². The fourth-order valence-electron chi connectivity index (χ4n) is 4.40. The maximum atomic E-state index is 11.2. The van der Waals surface area contributed by atoms with Crippen LogP contribution in [0.4, 0.5) is 5.69 Å². The lowest BCUT2D eigenvalue weighted by Gasteiger charge is -2.18. The van der Waals surface area contributed by atoms with E-state index in [-0.39, 0.29) is 11.7 Å². The lowest BCUT2D eigenvalue weighted by molar-refractivity contribution is -0.384. The van der Waals surface area contributed by atoms with Crippen LogP contribution >= 0.6 is 11.3 Å². The number of nitro benzene ring substituents is 1. The van der Waals surface area contributed by atoms with Gasteiger partial charge < -0.3 is 9.47 Å². The fraction of sp³-hybridized carbons (Fsp3) is 0.167. The maximum absolute atomic E-state index is 11.2. The van der Waals surface area contributed by atoms with Crippen LogP contribution in [0.25, 0.3) is 28.2 Å². The molecule has 0 N–H and O–H groups in total.